The van der Waals surface area contributed by atoms with Crippen molar-refractivity contribution < 1.29 is 4.79 Å². The van der Waals surface area contributed by atoms with Crippen molar-refractivity contribution in [3.63, 3.8) is 0 Å². The normalized spacial score (nSPS) is 15.2. The van der Waals surface area contributed by atoms with Crippen LogP contribution < -0.4 is 10.2 Å². The third-order valence-electron chi connectivity index (χ3n) is 4.32. The maximum atomic E-state index is 12.6. The summed E-state index contributed by atoms with van der Waals surface area (Å²) in [5, 5.41) is 3.71. The molecule has 1 aliphatic rings. The molecule has 0 saturated carbocycles. The van der Waals surface area contributed by atoms with Gasteiger partial charge in [-0.15, -0.1) is 0 Å². The number of hydrogen-bond donors (Lipinski definition) is 1. The fraction of sp³-hybridized carbons (Fsp3) is 0.389. The van der Waals surface area contributed by atoms with E-state index < -0.39 is 0 Å². The van der Waals surface area contributed by atoms with Crippen molar-refractivity contribution in [3.05, 3.63) is 45.8 Å². The summed E-state index contributed by atoms with van der Waals surface area (Å²) < 4.78 is 0. The zero-order chi connectivity index (χ0) is 18.7. The average Bonchev–Trinajstić information content (AvgIpc) is 2.60. The van der Waals surface area contributed by atoms with Crippen molar-refractivity contribution in [1.82, 2.24) is 14.9 Å². The quantitative estimate of drug-likeness (QED) is 0.861. The number of halogens is 2. The number of carbonyl (C=O) groups excluding carboxylic acids is 1. The number of rotatable bonds is 4. The number of aromatic nitrogens is 2. The summed E-state index contributed by atoms with van der Waals surface area (Å²) in [6.07, 6.45) is 0. The van der Waals surface area contributed by atoms with E-state index in [1.165, 1.54) is 0 Å². The van der Waals surface area contributed by atoms with Crippen molar-refractivity contribution in [2.24, 2.45) is 0 Å². The Morgan fingerprint density at radius 3 is 2.35 bits per heavy atom. The molecule has 8 heteroatoms. The van der Waals surface area contributed by atoms with E-state index in [1.807, 2.05) is 0 Å². The Morgan fingerprint density at radius 1 is 1.08 bits per heavy atom. The van der Waals surface area contributed by atoms with Crippen LogP contribution in [0.15, 0.2) is 24.3 Å². The lowest BCUT2D eigenvalue weighted by molar-refractivity contribution is 0.102. The number of amides is 1. The molecule has 1 amide bonds. The maximum absolute atomic E-state index is 12.6. The molecule has 3 rings (SSSR count). The lowest BCUT2D eigenvalue weighted by Crippen LogP contribution is -2.46. The third-order valence-corrected chi connectivity index (χ3v) is 4.76. The fourth-order valence-corrected chi connectivity index (χ4v) is 3.47. The van der Waals surface area contributed by atoms with Crippen LogP contribution in [0.5, 0.6) is 0 Å². The number of piperazine rings is 1. The highest BCUT2D eigenvalue weighted by Gasteiger charge is 2.19. The first-order chi connectivity index (χ1) is 12.4. The molecule has 1 aromatic carbocycles. The average molecular weight is 394 g/mol. The van der Waals surface area contributed by atoms with Gasteiger partial charge < -0.3 is 15.1 Å². The molecule has 26 heavy (non-hydrogen) atoms. The van der Waals surface area contributed by atoms with Crippen LogP contribution in [0.25, 0.3) is 0 Å². The van der Waals surface area contributed by atoms with Gasteiger partial charge in [0.1, 0.15) is 17.3 Å². The molecule has 0 unspecified atom stereocenters. The molecule has 2 aromatic rings. The van der Waals surface area contributed by atoms with E-state index in [4.69, 9.17) is 23.2 Å². The Labute approximate surface area is 163 Å². The minimum atomic E-state index is -0.317. The monoisotopic (exact) mass is 393 g/mol. The second kappa shape index (κ2) is 8.20. The van der Waals surface area contributed by atoms with Crippen molar-refractivity contribution >= 4 is 40.6 Å². The molecule has 1 fully saturated rings. The summed E-state index contributed by atoms with van der Waals surface area (Å²) in [4.78, 5) is 26.0. The molecule has 0 radical (unpaired) electrons. The van der Waals surface area contributed by atoms with Crippen molar-refractivity contribution in [1.29, 1.82) is 0 Å². The van der Waals surface area contributed by atoms with Crippen LogP contribution in [0.4, 0.5) is 11.5 Å². The van der Waals surface area contributed by atoms with E-state index in [-0.39, 0.29) is 5.91 Å². The smallest absolute Gasteiger partial charge is 0.274 e. The highest BCUT2D eigenvalue weighted by molar-refractivity contribution is 6.35. The van der Waals surface area contributed by atoms with Crippen molar-refractivity contribution in [2.45, 2.75) is 13.8 Å². The molecule has 1 aromatic heterocycles. The molecule has 0 spiro atoms. The minimum absolute atomic E-state index is 0.317. The number of likely N-dealkylation sites (N-methyl/N-ethyl adjacent to an activating group) is 1. The topological polar surface area (TPSA) is 61.4 Å². The molecule has 0 atom stereocenters. The van der Waals surface area contributed by atoms with Crippen LogP contribution >= 0.6 is 23.2 Å². The molecule has 1 N–H and O–H groups in total. The lowest BCUT2D eigenvalue weighted by atomic mass is 10.2. The van der Waals surface area contributed by atoms with Gasteiger partial charge in [0.15, 0.2) is 0 Å². The molecule has 138 valence electrons. The Balaban J connectivity index is 1.77. The van der Waals surface area contributed by atoms with Crippen molar-refractivity contribution in [3.8, 4) is 0 Å². The molecule has 2 heterocycles. The number of nitrogens with zero attached hydrogens (tertiary/aromatic N) is 4. The Kier molecular flexibility index (Phi) is 5.96. The highest BCUT2D eigenvalue weighted by Crippen LogP contribution is 2.23. The molecular weight excluding hydrogens is 373 g/mol. The number of anilines is 2. The van der Waals surface area contributed by atoms with Crippen LogP contribution in [-0.4, -0.2) is 53.5 Å². The predicted molar refractivity (Wildman–Crippen MR) is 106 cm³/mol. The van der Waals surface area contributed by atoms with Gasteiger partial charge in [-0.3, -0.25) is 4.79 Å². The van der Waals surface area contributed by atoms with Crippen LogP contribution in [0.2, 0.25) is 10.0 Å². The SMILES string of the molecule is CCN1CCN(c2cc(C(=O)Nc3cc(Cl)cc(Cl)c3)nc(C)n2)CC1. The van der Waals surface area contributed by atoms with Gasteiger partial charge in [-0.05, 0) is 31.7 Å². The molecule has 0 bridgehead atoms. The Bertz CT molecular complexity index is 786. The van der Waals surface area contributed by atoms with Crippen molar-refractivity contribution in [2.75, 3.05) is 42.9 Å². The van der Waals surface area contributed by atoms with Crippen LogP contribution in [-0.2, 0) is 0 Å². The zero-order valence-electron chi connectivity index (χ0n) is 14.8. The minimum Gasteiger partial charge on any atom is -0.354 e. The van der Waals surface area contributed by atoms with E-state index in [0.29, 0.717) is 27.3 Å². The van der Waals surface area contributed by atoms with E-state index in [1.54, 1.807) is 31.2 Å². The summed E-state index contributed by atoms with van der Waals surface area (Å²) in [5.74, 6) is 1.03. The standard InChI is InChI=1S/C18H21Cl2N5O/c1-3-24-4-6-25(7-5-24)17-11-16(21-12(2)22-17)18(26)23-15-9-13(19)8-14(20)10-15/h8-11H,3-7H2,1-2H3,(H,23,26). The number of benzene rings is 1. The summed E-state index contributed by atoms with van der Waals surface area (Å²) in [6, 6.07) is 6.63. The van der Waals surface area contributed by atoms with Gasteiger partial charge in [-0.1, -0.05) is 30.1 Å². The van der Waals surface area contributed by atoms with E-state index in [2.05, 4.69) is 32.0 Å². The van der Waals surface area contributed by atoms with Crippen LogP contribution in [0, 0.1) is 6.92 Å². The number of aryl methyl sites for hydroxylation is 1. The zero-order valence-corrected chi connectivity index (χ0v) is 16.3. The summed E-state index contributed by atoms with van der Waals surface area (Å²) in [7, 11) is 0. The van der Waals surface area contributed by atoms with E-state index in [0.717, 1.165) is 38.5 Å². The van der Waals surface area contributed by atoms with Gasteiger partial charge in [0.25, 0.3) is 5.91 Å². The largest absolute Gasteiger partial charge is 0.354 e. The summed E-state index contributed by atoms with van der Waals surface area (Å²) >= 11 is 12.0. The summed E-state index contributed by atoms with van der Waals surface area (Å²) in [6.45, 7) is 8.75. The molecule has 1 saturated heterocycles. The van der Waals surface area contributed by atoms with E-state index in [9.17, 15) is 4.79 Å². The van der Waals surface area contributed by atoms with Gasteiger partial charge in [0.05, 0.1) is 0 Å². The first-order valence-electron chi connectivity index (χ1n) is 8.55. The first kappa shape index (κ1) is 18.9. The Morgan fingerprint density at radius 2 is 1.73 bits per heavy atom. The molecule has 6 nitrogen and oxygen atoms in total. The second-order valence-corrected chi connectivity index (χ2v) is 7.07. The highest BCUT2D eigenvalue weighted by atomic mass is 35.5. The van der Waals surface area contributed by atoms with E-state index >= 15 is 0 Å². The number of nitrogens with one attached hydrogen (secondary N) is 1. The van der Waals surface area contributed by atoms with Crippen LogP contribution in [0.3, 0.4) is 0 Å². The second-order valence-electron chi connectivity index (χ2n) is 6.19. The predicted octanol–water partition coefficient (Wildman–Crippen LogP) is 3.49. The van der Waals surface area contributed by atoms with Gasteiger partial charge in [0, 0.05) is 48.0 Å². The Hall–Kier alpha value is -1.89. The fourth-order valence-electron chi connectivity index (χ4n) is 2.94. The molecule has 0 aliphatic carbocycles. The molecular formula is C18H21Cl2N5O. The van der Waals surface area contributed by atoms with Gasteiger partial charge in [-0.25, -0.2) is 9.97 Å². The first-order valence-corrected chi connectivity index (χ1v) is 9.30. The van der Waals surface area contributed by atoms with Gasteiger partial charge in [-0.2, -0.15) is 0 Å². The van der Waals surface area contributed by atoms with Gasteiger partial charge >= 0.3 is 0 Å². The van der Waals surface area contributed by atoms with Gasteiger partial charge in [0.2, 0.25) is 0 Å². The van der Waals surface area contributed by atoms with Crippen LogP contribution in [0.1, 0.15) is 23.2 Å². The number of hydrogen-bond acceptors (Lipinski definition) is 5. The lowest BCUT2D eigenvalue weighted by Gasteiger charge is -2.34. The maximum Gasteiger partial charge on any atom is 0.274 e. The third kappa shape index (κ3) is 4.63. The molecule has 1 aliphatic heterocycles. The number of carbonyl (C=O) groups is 1. The summed E-state index contributed by atoms with van der Waals surface area (Å²) in [5.41, 5.74) is 0.850.